The van der Waals surface area contributed by atoms with Gasteiger partial charge in [-0.15, -0.1) is 0 Å². The molecular formula is C18H20N4O2. The fraction of sp³-hybridized carbons (Fsp3) is 0.278. The molecular weight excluding hydrogens is 304 g/mol. The number of benzene rings is 1. The summed E-state index contributed by atoms with van der Waals surface area (Å²) in [7, 11) is 0. The van der Waals surface area contributed by atoms with Crippen LogP contribution >= 0.6 is 0 Å². The maximum atomic E-state index is 9.10. The van der Waals surface area contributed by atoms with Gasteiger partial charge >= 0.3 is 0 Å². The van der Waals surface area contributed by atoms with Gasteiger partial charge in [-0.1, -0.05) is 35.5 Å². The molecule has 1 aromatic carbocycles. The second kappa shape index (κ2) is 8.33. The Hall–Kier alpha value is -2.57. The summed E-state index contributed by atoms with van der Waals surface area (Å²) in [6.07, 6.45) is 4.98. The van der Waals surface area contributed by atoms with Crippen LogP contribution in [0.25, 0.3) is 11.4 Å². The molecule has 1 unspecified atom stereocenters. The van der Waals surface area contributed by atoms with Crippen molar-refractivity contribution in [2.24, 2.45) is 0 Å². The predicted octanol–water partition coefficient (Wildman–Crippen LogP) is 2.74. The molecule has 1 atom stereocenters. The number of aliphatic hydroxyl groups is 1. The van der Waals surface area contributed by atoms with Gasteiger partial charge in [-0.25, -0.2) is 0 Å². The molecule has 0 fully saturated rings. The van der Waals surface area contributed by atoms with Crippen molar-refractivity contribution < 1.29 is 9.63 Å². The van der Waals surface area contributed by atoms with E-state index in [1.54, 1.807) is 12.4 Å². The summed E-state index contributed by atoms with van der Waals surface area (Å²) >= 11 is 0. The molecule has 0 aliphatic carbocycles. The summed E-state index contributed by atoms with van der Waals surface area (Å²) in [4.78, 5) is 8.45. The molecule has 0 aliphatic heterocycles. The first-order valence-electron chi connectivity index (χ1n) is 7.99. The molecule has 0 spiro atoms. The van der Waals surface area contributed by atoms with Crippen LogP contribution in [0, 0.1) is 0 Å². The van der Waals surface area contributed by atoms with Crippen LogP contribution in [0.15, 0.2) is 59.4 Å². The minimum Gasteiger partial charge on any atom is -0.396 e. The lowest BCUT2D eigenvalue weighted by Gasteiger charge is -2.17. The van der Waals surface area contributed by atoms with E-state index >= 15 is 0 Å². The second-order valence-corrected chi connectivity index (χ2v) is 5.46. The highest BCUT2D eigenvalue weighted by Crippen LogP contribution is 2.19. The zero-order chi connectivity index (χ0) is 16.6. The summed E-state index contributed by atoms with van der Waals surface area (Å²) in [5, 5.41) is 16.5. The highest BCUT2D eigenvalue weighted by molar-refractivity contribution is 5.51. The van der Waals surface area contributed by atoms with Gasteiger partial charge in [0, 0.05) is 30.6 Å². The minimum atomic E-state index is 0.132. The van der Waals surface area contributed by atoms with Crippen LogP contribution in [0.1, 0.15) is 30.3 Å². The molecule has 2 aromatic heterocycles. The molecule has 124 valence electrons. The summed E-state index contributed by atoms with van der Waals surface area (Å²) in [5.41, 5.74) is 2.00. The first-order chi connectivity index (χ1) is 11.9. The van der Waals surface area contributed by atoms with Crippen LogP contribution in [0.2, 0.25) is 0 Å². The van der Waals surface area contributed by atoms with Crippen molar-refractivity contribution in [2.75, 3.05) is 6.61 Å². The Labute approximate surface area is 140 Å². The van der Waals surface area contributed by atoms with E-state index in [1.165, 1.54) is 5.56 Å². The number of nitrogens with zero attached hydrogens (tertiary/aromatic N) is 3. The Morgan fingerprint density at radius 1 is 1.12 bits per heavy atom. The average Bonchev–Trinajstić information content (AvgIpc) is 3.12. The normalized spacial score (nSPS) is 12.2. The van der Waals surface area contributed by atoms with Crippen LogP contribution in [0.4, 0.5) is 0 Å². The van der Waals surface area contributed by atoms with Crippen LogP contribution < -0.4 is 5.32 Å². The van der Waals surface area contributed by atoms with Gasteiger partial charge in [0.1, 0.15) is 0 Å². The number of hydrogen-bond acceptors (Lipinski definition) is 6. The molecule has 0 saturated heterocycles. The second-order valence-electron chi connectivity index (χ2n) is 5.46. The smallest absolute Gasteiger partial charge is 0.240 e. The molecule has 0 bridgehead atoms. The molecule has 6 nitrogen and oxygen atoms in total. The molecule has 24 heavy (non-hydrogen) atoms. The topological polar surface area (TPSA) is 84.1 Å². The number of hydrogen-bond donors (Lipinski definition) is 2. The van der Waals surface area contributed by atoms with Crippen molar-refractivity contribution in [2.45, 2.75) is 25.4 Å². The van der Waals surface area contributed by atoms with Gasteiger partial charge in [-0.2, -0.15) is 4.98 Å². The maximum absolute atomic E-state index is 9.10. The quantitative estimate of drug-likeness (QED) is 0.663. The van der Waals surface area contributed by atoms with Crippen molar-refractivity contribution >= 4 is 0 Å². The van der Waals surface area contributed by atoms with E-state index in [2.05, 4.69) is 32.6 Å². The third kappa shape index (κ3) is 4.24. The average molecular weight is 324 g/mol. The third-order valence-electron chi connectivity index (χ3n) is 3.74. The SMILES string of the molecule is OCCCC(NCc1nc(-c2cccnc2)no1)c1ccccc1. The predicted molar refractivity (Wildman–Crippen MR) is 89.9 cm³/mol. The lowest BCUT2D eigenvalue weighted by molar-refractivity contribution is 0.272. The Kier molecular flexibility index (Phi) is 5.65. The van der Waals surface area contributed by atoms with Crippen LogP contribution in [0.3, 0.4) is 0 Å². The van der Waals surface area contributed by atoms with Gasteiger partial charge in [0.25, 0.3) is 0 Å². The van der Waals surface area contributed by atoms with E-state index in [9.17, 15) is 0 Å². The van der Waals surface area contributed by atoms with E-state index < -0.39 is 0 Å². The van der Waals surface area contributed by atoms with E-state index in [-0.39, 0.29) is 12.6 Å². The summed E-state index contributed by atoms with van der Waals surface area (Å²) < 4.78 is 5.31. The molecule has 0 amide bonds. The van der Waals surface area contributed by atoms with Crippen LogP contribution in [-0.2, 0) is 6.54 Å². The fourth-order valence-corrected chi connectivity index (χ4v) is 2.52. The Morgan fingerprint density at radius 3 is 2.75 bits per heavy atom. The summed E-state index contributed by atoms with van der Waals surface area (Å²) in [5.74, 6) is 1.06. The zero-order valence-corrected chi connectivity index (χ0v) is 13.3. The van der Waals surface area contributed by atoms with Gasteiger partial charge in [0.05, 0.1) is 6.54 Å². The largest absolute Gasteiger partial charge is 0.396 e. The molecule has 2 N–H and O–H groups in total. The molecule has 3 aromatic rings. The molecule has 2 heterocycles. The van der Waals surface area contributed by atoms with Crippen molar-refractivity contribution in [1.82, 2.24) is 20.4 Å². The first kappa shape index (κ1) is 16.3. The highest BCUT2D eigenvalue weighted by Gasteiger charge is 2.13. The van der Waals surface area contributed by atoms with Crippen LogP contribution in [0.5, 0.6) is 0 Å². The molecule has 3 rings (SSSR count). The molecule has 0 radical (unpaired) electrons. The molecule has 6 heteroatoms. The number of aliphatic hydroxyl groups excluding tert-OH is 1. The summed E-state index contributed by atoms with van der Waals surface area (Å²) in [6.45, 7) is 0.648. The van der Waals surface area contributed by atoms with Gasteiger partial charge < -0.3 is 14.9 Å². The lowest BCUT2D eigenvalue weighted by atomic mass is 10.0. The van der Waals surface area contributed by atoms with Crippen molar-refractivity contribution in [3.8, 4) is 11.4 Å². The zero-order valence-electron chi connectivity index (χ0n) is 13.3. The summed E-state index contributed by atoms with van der Waals surface area (Å²) in [6, 6.07) is 14.0. The number of aromatic nitrogens is 3. The monoisotopic (exact) mass is 324 g/mol. The fourth-order valence-electron chi connectivity index (χ4n) is 2.52. The van der Waals surface area contributed by atoms with Gasteiger partial charge in [0.15, 0.2) is 0 Å². The van der Waals surface area contributed by atoms with E-state index in [0.717, 1.165) is 18.4 Å². The number of rotatable bonds is 8. The third-order valence-corrected chi connectivity index (χ3v) is 3.74. The van der Waals surface area contributed by atoms with Gasteiger partial charge in [-0.3, -0.25) is 4.98 Å². The van der Waals surface area contributed by atoms with Crippen molar-refractivity contribution in [1.29, 1.82) is 0 Å². The van der Waals surface area contributed by atoms with E-state index in [4.69, 9.17) is 9.63 Å². The van der Waals surface area contributed by atoms with E-state index in [1.807, 2.05) is 30.3 Å². The Balaban J connectivity index is 1.65. The number of pyridine rings is 1. The van der Waals surface area contributed by atoms with Crippen molar-refractivity contribution in [3.05, 3.63) is 66.3 Å². The van der Waals surface area contributed by atoms with Crippen molar-refractivity contribution in [3.63, 3.8) is 0 Å². The lowest BCUT2D eigenvalue weighted by Crippen LogP contribution is -2.21. The maximum Gasteiger partial charge on any atom is 0.240 e. The Morgan fingerprint density at radius 2 is 2.00 bits per heavy atom. The molecule has 0 saturated carbocycles. The number of nitrogens with one attached hydrogen (secondary N) is 1. The Bertz CT molecular complexity index is 731. The highest BCUT2D eigenvalue weighted by atomic mass is 16.5. The van der Waals surface area contributed by atoms with Gasteiger partial charge in [0.2, 0.25) is 11.7 Å². The van der Waals surface area contributed by atoms with Gasteiger partial charge in [-0.05, 0) is 30.5 Å². The van der Waals surface area contributed by atoms with Crippen LogP contribution in [-0.4, -0.2) is 26.8 Å². The van der Waals surface area contributed by atoms with E-state index in [0.29, 0.717) is 18.3 Å². The molecule has 0 aliphatic rings. The first-order valence-corrected chi connectivity index (χ1v) is 7.99. The standard InChI is InChI=1S/C18H20N4O2/c23-11-5-9-16(14-6-2-1-3-7-14)20-13-17-21-18(22-24-17)15-8-4-10-19-12-15/h1-4,6-8,10,12,16,20,23H,5,9,11,13H2. The minimum absolute atomic E-state index is 0.132.